The molecule has 1 amide bonds. The standard InChI is InChI=1S/C29H31N3O4/c1-20-8-7-9-23(18-20)36-19-26(33)30-31-27-24-10-5-6-11-25(24)32(28(27)34)16-17-35-22-14-12-21(13-15-22)29(2,3)4/h5-15,18,34H,16-17,19H2,1-4H3. The zero-order chi connectivity index (χ0) is 25.7. The molecule has 0 aliphatic heterocycles. The number of para-hydroxylation sites is 1. The van der Waals surface area contributed by atoms with Gasteiger partial charge in [0.15, 0.2) is 12.3 Å². The van der Waals surface area contributed by atoms with E-state index in [4.69, 9.17) is 9.47 Å². The number of benzene rings is 3. The molecule has 0 aliphatic carbocycles. The van der Waals surface area contributed by atoms with E-state index in [2.05, 4.69) is 43.1 Å². The molecule has 0 saturated heterocycles. The largest absolute Gasteiger partial charge is 0.493 e. The van der Waals surface area contributed by atoms with Crippen LogP contribution in [0, 0.1) is 6.92 Å². The molecule has 7 nitrogen and oxygen atoms in total. The SMILES string of the molecule is Cc1cccc(OCC(=O)N=Nc2c(O)n(CCOc3ccc(C(C)(C)C)cc3)c3ccccc23)c1. The predicted molar refractivity (Wildman–Crippen MR) is 140 cm³/mol. The Labute approximate surface area is 211 Å². The molecule has 0 bridgehead atoms. The Hall–Kier alpha value is -4.13. The van der Waals surface area contributed by atoms with Crippen molar-refractivity contribution >= 4 is 22.5 Å². The first-order chi connectivity index (χ1) is 17.2. The number of fused-ring (bicyclic) bond motifs is 1. The van der Waals surface area contributed by atoms with Crippen molar-refractivity contribution < 1.29 is 19.4 Å². The molecule has 0 atom stereocenters. The Morgan fingerprint density at radius 1 is 0.944 bits per heavy atom. The molecule has 1 N–H and O–H groups in total. The first-order valence-electron chi connectivity index (χ1n) is 11.9. The van der Waals surface area contributed by atoms with Gasteiger partial charge in [-0.25, -0.2) is 0 Å². The highest BCUT2D eigenvalue weighted by Gasteiger charge is 2.17. The van der Waals surface area contributed by atoms with Crippen LogP contribution >= 0.6 is 0 Å². The molecular weight excluding hydrogens is 454 g/mol. The fraction of sp³-hybridized carbons (Fsp3) is 0.276. The van der Waals surface area contributed by atoms with Gasteiger partial charge < -0.3 is 19.1 Å². The van der Waals surface area contributed by atoms with Gasteiger partial charge >= 0.3 is 5.91 Å². The summed E-state index contributed by atoms with van der Waals surface area (Å²) in [5.41, 5.74) is 3.36. The number of amides is 1. The fourth-order valence-electron chi connectivity index (χ4n) is 3.89. The maximum absolute atomic E-state index is 12.2. The van der Waals surface area contributed by atoms with Crippen molar-refractivity contribution in [2.75, 3.05) is 13.2 Å². The highest BCUT2D eigenvalue weighted by Crippen LogP contribution is 2.38. The zero-order valence-electron chi connectivity index (χ0n) is 21.1. The van der Waals surface area contributed by atoms with E-state index in [9.17, 15) is 9.90 Å². The van der Waals surface area contributed by atoms with E-state index in [1.54, 1.807) is 10.6 Å². The van der Waals surface area contributed by atoms with Crippen LogP contribution in [0.5, 0.6) is 17.4 Å². The molecule has 0 saturated carbocycles. The summed E-state index contributed by atoms with van der Waals surface area (Å²) in [5, 5.41) is 19.4. The van der Waals surface area contributed by atoms with Crippen LogP contribution in [0.25, 0.3) is 10.9 Å². The minimum atomic E-state index is -0.547. The molecule has 0 unspecified atom stereocenters. The first-order valence-corrected chi connectivity index (χ1v) is 11.9. The van der Waals surface area contributed by atoms with Gasteiger partial charge in [0.1, 0.15) is 18.1 Å². The molecule has 1 heterocycles. The number of carbonyl (C=O) groups excluding carboxylic acids is 1. The molecule has 0 fully saturated rings. The van der Waals surface area contributed by atoms with Crippen LogP contribution in [0.2, 0.25) is 0 Å². The van der Waals surface area contributed by atoms with E-state index >= 15 is 0 Å². The van der Waals surface area contributed by atoms with Gasteiger partial charge in [-0.05, 0) is 53.8 Å². The third-order valence-electron chi connectivity index (χ3n) is 5.83. The zero-order valence-corrected chi connectivity index (χ0v) is 21.1. The maximum Gasteiger partial charge on any atom is 0.302 e. The van der Waals surface area contributed by atoms with Crippen LogP contribution in [0.1, 0.15) is 31.9 Å². The maximum atomic E-state index is 12.2. The number of aryl methyl sites for hydroxylation is 1. The molecule has 1 aromatic heterocycles. The lowest BCUT2D eigenvalue weighted by Crippen LogP contribution is -2.11. The Kier molecular flexibility index (Phi) is 7.38. The fourth-order valence-corrected chi connectivity index (χ4v) is 3.89. The highest BCUT2D eigenvalue weighted by molar-refractivity contribution is 5.95. The van der Waals surface area contributed by atoms with Crippen LogP contribution in [0.3, 0.4) is 0 Å². The van der Waals surface area contributed by atoms with Crippen LogP contribution in [-0.4, -0.2) is 28.8 Å². The van der Waals surface area contributed by atoms with Crippen molar-refractivity contribution in [1.29, 1.82) is 0 Å². The third kappa shape index (κ3) is 5.92. The predicted octanol–water partition coefficient (Wildman–Crippen LogP) is 6.72. The summed E-state index contributed by atoms with van der Waals surface area (Å²) in [5.74, 6) is 0.734. The summed E-state index contributed by atoms with van der Waals surface area (Å²) in [4.78, 5) is 12.2. The summed E-state index contributed by atoms with van der Waals surface area (Å²) in [6.07, 6.45) is 0. The van der Waals surface area contributed by atoms with Gasteiger partial charge in [-0.3, -0.25) is 4.79 Å². The minimum absolute atomic E-state index is 0.0703. The molecule has 0 spiro atoms. The van der Waals surface area contributed by atoms with Crippen molar-refractivity contribution in [3.05, 3.63) is 83.9 Å². The number of azo groups is 1. The molecular formula is C29H31N3O4. The molecule has 36 heavy (non-hydrogen) atoms. The Balaban J connectivity index is 1.44. The van der Waals surface area contributed by atoms with Gasteiger partial charge in [0, 0.05) is 5.39 Å². The van der Waals surface area contributed by atoms with Crippen LogP contribution in [-0.2, 0) is 16.8 Å². The second-order valence-electron chi connectivity index (χ2n) is 9.66. The van der Waals surface area contributed by atoms with E-state index in [1.807, 2.05) is 61.5 Å². The number of ether oxygens (including phenoxy) is 2. The topological polar surface area (TPSA) is 85.4 Å². The third-order valence-corrected chi connectivity index (χ3v) is 5.83. The molecule has 7 heteroatoms. The molecule has 0 radical (unpaired) electrons. The molecule has 0 aliphatic rings. The van der Waals surface area contributed by atoms with E-state index in [-0.39, 0.29) is 23.6 Å². The van der Waals surface area contributed by atoms with Crippen LogP contribution in [0.15, 0.2) is 83.0 Å². The van der Waals surface area contributed by atoms with E-state index in [0.29, 0.717) is 24.3 Å². The smallest absolute Gasteiger partial charge is 0.302 e. The van der Waals surface area contributed by atoms with Gasteiger partial charge in [0.05, 0.1) is 12.1 Å². The van der Waals surface area contributed by atoms with E-state index < -0.39 is 5.91 Å². The highest BCUT2D eigenvalue weighted by atomic mass is 16.5. The van der Waals surface area contributed by atoms with Crippen molar-refractivity contribution in [2.24, 2.45) is 10.2 Å². The summed E-state index contributed by atoms with van der Waals surface area (Å²) >= 11 is 0. The Morgan fingerprint density at radius 3 is 2.42 bits per heavy atom. The number of aromatic hydroxyl groups is 1. The monoisotopic (exact) mass is 485 g/mol. The summed E-state index contributed by atoms with van der Waals surface area (Å²) in [6.45, 7) is 8.95. The molecule has 4 aromatic rings. The van der Waals surface area contributed by atoms with Gasteiger partial charge in [-0.1, -0.05) is 63.2 Å². The van der Waals surface area contributed by atoms with Crippen molar-refractivity contribution in [3.63, 3.8) is 0 Å². The summed E-state index contributed by atoms with van der Waals surface area (Å²) in [7, 11) is 0. The summed E-state index contributed by atoms with van der Waals surface area (Å²) in [6, 6.07) is 22.9. The first kappa shape index (κ1) is 25.0. The minimum Gasteiger partial charge on any atom is -0.493 e. The Morgan fingerprint density at radius 2 is 1.69 bits per heavy atom. The lowest BCUT2D eigenvalue weighted by Gasteiger charge is -2.19. The summed E-state index contributed by atoms with van der Waals surface area (Å²) < 4.78 is 13.1. The number of hydrogen-bond acceptors (Lipinski definition) is 5. The van der Waals surface area contributed by atoms with Gasteiger partial charge in [-0.2, -0.15) is 0 Å². The van der Waals surface area contributed by atoms with Gasteiger partial charge in [0.25, 0.3) is 0 Å². The number of rotatable bonds is 8. The number of nitrogens with zero attached hydrogens (tertiary/aromatic N) is 3. The van der Waals surface area contributed by atoms with Crippen LogP contribution in [0.4, 0.5) is 5.69 Å². The lowest BCUT2D eigenvalue weighted by molar-refractivity contribution is -0.120. The quantitative estimate of drug-likeness (QED) is 0.281. The molecule has 186 valence electrons. The van der Waals surface area contributed by atoms with Gasteiger partial charge in [0.2, 0.25) is 5.88 Å². The van der Waals surface area contributed by atoms with Crippen LogP contribution < -0.4 is 9.47 Å². The van der Waals surface area contributed by atoms with Gasteiger partial charge in [-0.15, -0.1) is 10.2 Å². The average Bonchev–Trinajstić information content (AvgIpc) is 3.12. The lowest BCUT2D eigenvalue weighted by atomic mass is 9.87. The molecule has 4 rings (SSSR count). The number of hydrogen-bond donors (Lipinski definition) is 1. The number of carbonyl (C=O) groups is 1. The second-order valence-corrected chi connectivity index (χ2v) is 9.66. The van der Waals surface area contributed by atoms with Crippen molar-refractivity contribution in [3.8, 4) is 17.4 Å². The average molecular weight is 486 g/mol. The second kappa shape index (κ2) is 10.6. The van der Waals surface area contributed by atoms with E-state index in [0.717, 1.165) is 16.8 Å². The number of aromatic nitrogens is 1. The Bertz CT molecular complexity index is 1380. The van der Waals surface area contributed by atoms with Crippen molar-refractivity contribution in [1.82, 2.24) is 4.57 Å². The van der Waals surface area contributed by atoms with E-state index in [1.165, 1.54) is 5.56 Å². The normalized spacial score (nSPS) is 11.8. The molecule has 3 aromatic carbocycles. The van der Waals surface area contributed by atoms with Crippen molar-refractivity contribution in [2.45, 2.75) is 39.7 Å².